The van der Waals surface area contributed by atoms with E-state index in [0.29, 0.717) is 43.8 Å². The lowest BCUT2D eigenvalue weighted by Crippen LogP contribution is -2.52. The van der Waals surface area contributed by atoms with Crippen LogP contribution in [-0.4, -0.2) is 66.8 Å². The van der Waals surface area contributed by atoms with E-state index in [2.05, 4.69) is 62.9 Å². The maximum atomic E-state index is 10.4. The molecule has 2 heterocycles. The van der Waals surface area contributed by atoms with E-state index in [4.69, 9.17) is 14.2 Å². The second-order valence-corrected chi connectivity index (χ2v) is 15.8. The number of hydrogen-bond donors (Lipinski definition) is 1. The number of ether oxygens (including phenoxy) is 3. The Bertz CT molecular complexity index is 1230. The smallest absolute Gasteiger partial charge is 0.0765 e. The summed E-state index contributed by atoms with van der Waals surface area (Å²) in [6.07, 6.45) is 13.0. The van der Waals surface area contributed by atoms with Gasteiger partial charge in [0, 0.05) is 25.0 Å². The molecule has 1 N–H and O–H groups in total. The zero-order valence-corrected chi connectivity index (χ0v) is 27.8. The first-order valence-corrected chi connectivity index (χ1v) is 18.0. The summed E-state index contributed by atoms with van der Waals surface area (Å²) in [7, 11) is 0. The van der Waals surface area contributed by atoms with Crippen molar-refractivity contribution in [2.75, 3.05) is 32.9 Å². The van der Waals surface area contributed by atoms with Crippen LogP contribution >= 0.6 is 0 Å². The van der Waals surface area contributed by atoms with Gasteiger partial charge in [-0.25, -0.2) is 0 Å². The second kappa shape index (κ2) is 12.6. The molecule has 5 nitrogen and oxygen atoms in total. The first-order chi connectivity index (χ1) is 21.3. The quantitative estimate of drug-likeness (QED) is 0.249. The lowest BCUT2D eigenvalue weighted by Gasteiger charge is -2.49. The fourth-order valence-corrected chi connectivity index (χ4v) is 11.1. The standard InChI is InChI=1S/C39H57NO4/c1-26-20-36-37(40(24-26)16-17-42-18-19-43-25-29-8-6-5-7-9-29)28(3)39(44-36)15-13-32-33-11-10-30-21-31(41)12-14-38(30,4)35(33)22-34(32)27(2)23-39/h5-9,21,26,28,31-33,35-37,41H,10-20,22-25H2,1-4H3/t26-,28+,31-,32-,33-,35-,36+,37-,38-,39?/m0/s1. The number of benzene rings is 1. The van der Waals surface area contributed by atoms with Gasteiger partial charge >= 0.3 is 0 Å². The summed E-state index contributed by atoms with van der Waals surface area (Å²) in [5.41, 5.74) is 6.48. The Hall–Kier alpha value is -1.50. The minimum atomic E-state index is -0.223. The van der Waals surface area contributed by atoms with Crippen LogP contribution in [0.4, 0.5) is 0 Å². The van der Waals surface area contributed by atoms with Gasteiger partial charge in [0.2, 0.25) is 0 Å². The molecule has 10 atom stereocenters. The SMILES string of the molecule is CC1=C2C[C@H]3[C@@H](CCC4=C[C@@H](O)CC[C@@]43C)[C@@H]2CCC2(C1)O[C@@H]1C[C@H](C)CN(CCOCCOCc3ccccc3)[C@H]1[C@H]2C. The third-order valence-electron chi connectivity index (χ3n) is 13.3. The van der Waals surface area contributed by atoms with E-state index in [0.717, 1.165) is 56.7 Å². The maximum absolute atomic E-state index is 10.4. The van der Waals surface area contributed by atoms with Crippen LogP contribution in [0.3, 0.4) is 0 Å². The molecule has 44 heavy (non-hydrogen) atoms. The molecular weight excluding hydrogens is 546 g/mol. The summed E-state index contributed by atoms with van der Waals surface area (Å²) < 4.78 is 19.2. The lowest BCUT2D eigenvalue weighted by atomic mass is 9.56. The average Bonchev–Trinajstić information content (AvgIpc) is 3.47. The third-order valence-corrected chi connectivity index (χ3v) is 13.3. The topological polar surface area (TPSA) is 51.2 Å². The Balaban J connectivity index is 0.986. The minimum absolute atomic E-state index is 0.0285. The van der Waals surface area contributed by atoms with Crippen molar-refractivity contribution in [1.82, 2.24) is 4.90 Å². The number of nitrogens with zero attached hydrogens (tertiary/aromatic N) is 1. The van der Waals surface area contributed by atoms with Crippen molar-refractivity contribution in [1.29, 1.82) is 0 Å². The van der Waals surface area contributed by atoms with Gasteiger partial charge in [0.15, 0.2) is 0 Å². The van der Waals surface area contributed by atoms with Crippen molar-refractivity contribution >= 4 is 0 Å². The zero-order chi connectivity index (χ0) is 30.5. The first-order valence-electron chi connectivity index (χ1n) is 18.0. The van der Waals surface area contributed by atoms with Crippen LogP contribution in [0.15, 0.2) is 53.1 Å². The van der Waals surface area contributed by atoms with Crippen molar-refractivity contribution in [3.05, 3.63) is 58.7 Å². The van der Waals surface area contributed by atoms with Gasteiger partial charge in [-0.15, -0.1) is 0 Å². The van der Waals surface area contributed by atoms with Gasteiger partial charge in [-0.1, -0.05) is 73.9 Å². The van der Waals surface area contributed by atoms with Gasteiger partial charge < -0.3 is 19.3 Å². The molecule has 0 radical (unpaired) electrons. The van der Waals surface area contributed by atoms with E-state index in [1.54, 1.807) is 16.7 Å². The number of piperidine rings is 1. The van der Waals surface area contributed by atoms with E-state index in [9.17, 15) is 5.11 Å². The van der Waals surface area contributed by atoms with Crippen LogP contribution in [-0.2, 0) is 20.8 Å². The molecule has 2 saturated heterocycles. The van der Waals surface area contributed by atoms with E-state index >= 15 is 0 Å². The van der Waals surface area contributed by atoms with E-state index in [1.165, 1.54) is 44.1 Å². The van der Waals surface area contributed by atoms with Crippen molar-refractivity contribution in [2.45, 2.75) is 116 Å². The number of fused-ring (bicyclic) bond motifs is 6. The van der Waals surface area contributed by atoms with Crippen LogP contribution < -0.4 is 0 Å². The molecule has 1 aromatic rings. The van der Waals surface area contributed by atoms with Gasteiger partial charge in [-0.05, 0) is 99.4 Å². The largest absolute Gasteiger partial charge is 0.389 e. The second-order valence-electron chi connectivity index (χ2n) is 15.8. The Labute approximate surface area is 266 Å². The van der Waals surface area contributed by atoms with Crippen molar-refractivity contribution in [2.24, 2.45) is 35.0 Å². The Morgan fingerprint density at radius 1 is 1.02 bits per heavy atom. The molecule has 7 rings (SSSR count). The molecule has 0 amide bonds. The van der Waals surface area contributed by atoms with Crippen LogP contribution in [0.2, 0.25) is 0 Å². The average molecular weight is 604 g/mol. The fourth-order valence-electron chi connectivity index (χ4n) is 11.1. The van der Waals surface area contributed by atoms with Crippen molar-refractivity contribution < 1.29 is 19.3 Å². The molecule has 242 valence electrons. The van der Waals surface area contributed by atoms with Gasteiger partial charge in [-0.3, -0.25) is 4.90 Å². The van der Waals surface area contributed by atoms with Gasteiger partial charge in [-0.2, -0.15) is 0 Å². The predicted octanol–water partition coefficient (Wildman–Crippen LogP) is 7.34. The zero-order valence-electron chi connectivity index (χ0n) is 27.8. The van der Waals surface area contributed by atoms with Crippen molar-refractivity contribution in [3.8, 4) is 0 Å². The number of rotatable bonds is 8. The van der Waals surface area contributed by atoms with Crippen LogP contribution in [0.1, 0.15) is 91.0 Å². The first kappa shape index (κ1) is 31.1. The summed E-state index contributed by atoms with van der Waals surface area (Å²) >= 11 is 0. The number of likely N-dealkylation sites (tertiary alicyclic amines) is 1. The maximum Gasteiger partial charge on any atom is 0.0765 e. The fraction of sp³-hybridized carbons (Fsp3) is 0.744. The van der Waals surface area contributed by atoms with Crippen LogP contribution in [0.5, 0.6) is 0 Å². The highest BCUT2D eigenvalue weighted by molar-refractivity contribution is 5.33. The monoisotopic (exact) mass is 603 g/mol. The predicted molar refractivity (Wildman–Crippen MR) is 175 cm³/mol. The Morgan fingerprint density at radius 3 is 2.68 bits per heavy atom. The molecule has 4 aliphatic carbocycles. The number of aliphatic hydroxyl groups is 1. The summed E-state index contributed by atoms with van der Waals surface area (Å²) in [4.78, 5) is 2.72. The molecule has 5 heteroatoms. The number of aliphatic hydroxyl groups excluding tert-OH is 1. The summed E-state index contributed by atoms with van der Waals surface area (Å²) in [5.74, 6) is 3.46. The van der Waals surface area contributed by atoms with Gasteiger partial charge in [0.05, 0.1) is 44.2 Å². The molecule has 6 aliphatic rings. The lowest BCUT2D eigenvalue weighted by molar-refractivity contribution is -0.0807. The molecule has 0 bridgehead atoms. The van der Waals surface area contributed by atoms with E-state index < -0.39 is 0 Å². The third kappa shape index (κ3) is 5.68. The molecule has 1 spiro atoms. The summed E-state index contributed by atoms with van der Waals surface area (Å²) in [6.45, 7) is 14.7. The van der Waals surface area contributed by atoms with Gasteiger partial charge in [0.25, 0.3) is 0 Å². The Kier molecular flexibility index (Phi) is 8.91. The van der Waals surface area contributed by atoms with Crippen LogP contribution in [0.25, 0.3) is 0 Å². The number of hydrogen-bond acceptors (Lipinski definition) is 5. The van der Waals surface area contributed by atoms with E-state index in [1.807, 2.05) is 6.07 Å². The molecule has 0 aromatic heterocycles. The highest BCUT2D eigenvalue weighted by atomic mass is 16.5. The number of allylic oxidation sites excluding steroid dienone is 2. The molecule has 2 saturated carbocycles. The highest BCUT2D eigenvalue weighted by Crippen LogP contribution is 2.64. The molecular formula is C39H57NO4. The Morgan fingerprint density at radius 2 is 1.84 bits per heavy atom. The van der Waals surface area contributed by atoms with E-state index in [-0.39, 0.29) is 17.1 Å². The normalized spacial score (nSPS) is 42.0. The minimum Gasteiger partial charge on any atom is -0.389 e. The van der Waals surface area contributed by atoms with Gasteiger partial charge in [0.1, 0.15) is 0 Å². The van der Waals surface area contributed by atoms with Crippen LogP contribution in [0, 0.1) is 35.0 Å². The highest BCUT2D eigenvalue weighted by Gasteiger charge is 2.59. The molecule has 2 aliphatic heterocycles. The molecule has 1 aromatic carbocycles. The summed E-state index contributed by atoms with van der Waals surface area (Å²) in [5, 5.41) is 10.4. The van der Waals surface area contributed by atoms with Crippen molar-refractivity contribution in [3.63, 3.8) is 0 Å². The molecule has 1 unspecified atom stereocenters. The molecule has 4 fully saturated rings. The summed E-state index contributed by atoms with van der Waals surface area (Å²) in [6, 6.07) is 10.9.